The molecule has 0 radical (unpaired) electrons. The summed E-state index contributed by atoms with van der Waals surface area (Å²) in [6.45, 7) is 0. The minimum absolute atomic E-state index is 0.0175. The van der Waals surface area contributed by atoms with Crippen LogP contribution in [0.1, 0.15) is 11.1 Å². The second kappa shape index (κ2) is 8.61. The van der Waals surface area contributed by atoms with Gasteiger partial charge >= 0.3 is 0 Å². The standard InChI is InChI=1S/C17H17Cl2N5O3/c18-11-2-1-3-12(19)10(11)8-23-24(17(21)22)13(16(20)27)6-9-4-5-14(25)15(26)7-9/h1-5,7-8,13,25-26H,6H2,(H2,20,27)(H3,21,22)/b23-8+. The maximum absolute atomic E-state index is 11.9. The van der Waals surface area contributed by atoms with Crippen LogP contribution in [-0.2, 0) is 11.2 Å². The summed E-state index contributed by atoms with van der Waals surface area (Å²) in [5.74, 6) is -1.97. The molecule has 0 aliphatic rings. The summed E-state index contributed by atoms with van der Waals surface area (Å²) in [5.41, 5.74) is 11.9. The minimum Gasteiger partial charge on any atom is -0.504 e. The van der Waals surface area contributed by atoms with Crippen LogP contribution < -0.4 is 11.5 Å². The van der Waals surface area contributed by atoms with Crippen molar-refractivity contribution in [1.29, 1.82) is 5.41 Å². The average molecular weight is 410 g/mol. The highest BCUT2D eigenvalue weighted by molar-refractivity contribution is 6.38. The highest BCUT2D eigenvalue weighted by Crippen LogP contribution is 2.26. The molecule has 1 amide bonds. The van der Waals surface area contributed by atoms with Gasteiger partial charge in [-0.1, -0.05) is 35.3 Å². The topological polar surface area (TPSA) is 149 Å². The predicted octanol–water partition coefficient (Wildman–Crippen LogP) is 2.03. The summed E-state index contributed by atoms with van der Waals surface area (Å²) in [6, 6.07) is 7.80. The number of nitrogens with one attached hydrogen (secondary N) is 1. The largest absolute Gasteiger partial charge is 0.504 e. The van der Waals surface area contributed by atoms with E-state index in [4.69, 9.17) is 40.1 Å². The van der Waals surface area contributed by atoms with Crippen molar-refractivity contribution in [2.75, 3.05) is 0 Å². The number of amides is 1. The minimum atomic E-state index is -1.12. The zero-order valence-electron chi connectivity index (χ0n) is 13.9. The molecule has 0 aromatic heterocycles. The zero-order chi connectivity index (χ0) is 20.1. The van der Waals surface area contributed by atoms with Gasteiger partial charge in [0.15, 0.2) is 11.5 Å². The molecular formula is C17H17Cl2N5O3. The van der Waals surface area contributed by atoms with Gasteiger partial charge in [-0.25, -0.2) is 5.01 Å². The maximum Gasteiger partial charge on any atom is 0.242 e. The monoisotopic (exact) mass is 409 g/mol. The van der Waals surface area contributed by atoms with Gasteiger partial charge in [-0.3, -0.25) is 10.2 Å². The van der Waals surface area contributed by atoms with E-state index in [-0.39, 0.29) is 17.9 Å². The number of rotatable bonds is 6. The van der Waals surface area contributed by atoms with E-state index in [0.717, 1.165) is 5.01 Å². The van der Waals surface area contributed by atoms with Crippen molar-refractivity contribution in [3.63, 3.8) is 0 Å². The van der Waals surface area contributed by atoms with Crippen LogP contribution in [0.25, 0.3) is 0 Å². The number of benzene rings is 2. The molecule has 0 saturated heterocycles. The van der Waals surface area contributed by atoms with Gasteiger partial charge in [-0.15, -0.1) is 0 Å². The van der Waals surface area contributed by atoms with E-state index < -0.39 is 17.9 Å². The fraction of sp³-hybridized carbons (Fsp3) is 0.118. The molecule has 1 unspecified atom stereocenters. The van der Waals surface area contributed by atoms with E-state index >= 15 is 0 Å². The number of halogens is 2. The number of nitrogens with zero attached hydrogens (tertiary/aromatic N) is 2. The first kappa shape index (κ1) is 20.3. The Kier molecular flexibility index (Phi) is 6.49. The van der Waals surface area contributed by atoms with Crippen LogP contribution in [0.2, 0.25) is 10.0 Å². The van der Waals surface area contributed by atoms with Crippen LogP contribution in [0, 0.1) is 5.41 Å². The van der Waals surface area contributed by atoms with E-state index in [1.807, 2.05) is 0 Å². The average Bonchev–Trinajstić information content (AvgIpc) is 2.58. The molecule has 0 saturated carbocycles. The van der Waals surface area contributed by atoms with Crippen molar-refractivity contribution >= 4 is 41.3 Å². The van der Waals surface area contributed by atoms with Crippen LogP contribution in [0.3, 0.4) is 0 Å². The Bertz CT molecular complexity index is 884. The number of carbonyl (C=O) groups excluding carboxylic acids is 1. The molecule has 0 fully saturated rings. The number of phenolic OH excluding ortho intramolecular Hbond substituents is 2. The molecule has 0 aliphatic heterocycles. The Morgan fingerprint density at radius 1 is 1.19 bits per heavy atom. The summed E-state index contributed by atoms with van der Waals surface area (Å²) < 4.78 is 0. The van der Waals surface area contributed by atoms with Gasteiger partial charge in [-0.05, 0) is 29.8 Å². The third-order valence-electron chi connectivity index (χ3n) is 3.65. The second-order valence-electron chi connectivity index (χ2n) is 5.56. The molecule has 2 aromatic rings. The highest BCUT2D eigenvalue weighted by atomic mass is 35.5. The zero-order valence-corrected chi connectivity index (χ0v) is 15.4. The summed E-state index contributed by atoms with van der Waals surface area (Å²) in [7, 11) is 0. The van der Waals surface area contributed by atoms with Crippen LogP contribution in [0.5, 0.6) is 11.5 Å². The Balaban J connectivity index is 2.35. The first-order chi connectivity index (χ1) is 12.7. The molecule has 10 heteroatoms. The first-order valence-electron chi connectivity index (χ1n) is 7.62. The number of hydrazone groups is 1. The molecule has 1 atom stereocenters. The number of phenols is 2. The molecule has 0 aliphatic carbocycles. The smallest absolute Gasteiger partial charge is 0.242 e. The fourth-order valence-corrected chi connectivity index (χ4v) is 2.79. The third-order valence-corrected chi connectivity index (χ3v) is 4.31. The number of carbonyl (C=O) groups is 1. The first-order valence-corrected chi connectivity index (χ1v) is 8.37. The second-order valence-corrected chi connectivity index (χ2v) is 6.37. The highest BCUT2D eigenvalue weighted by Gasteiger charge is 2.26. The van der Waals surface area contributed by atoms with Gasteiger partial charge < -0.3 is 21.7 Å². The van der Waals surface area contributed by atoms with Gasteiger partial charge in [0.1, 0.15) is 6.04 Å². The molecule has 27 heavy (non-hydrogen) atoms. The molecule has 2 rings (SSSR count). The lowest BCUT2D eigenvalue weighted by atomic mass is 10.0. The van der Waals surface area contributed by atoms with Crippen LogP contribution in [-0.4, -0.2) is 39.3 Å². The van der Waals surface area contributed by atoms with Gasteiger partial charge in [0.25, 0.3) is 0 Å². The summed E-state index contributed by atoms with van der Waals surface area (Å²) in [4.78, 5) is 11.9. The van der Waals surface area contributed by atoms with Crippen LogP contribution >= 0.6 is 23.2 Å². The van der Waals surface area contributed by atoms with Crippen LogP contribution in [0.4, 0.5) is 0 Å². The number of hydrogen-bond donors (Lipinski definition) is 5. The lowest BCUT2D eigenvalue weighted by molar-refractivity contribution is -0.121. The number of hydrogen-bond acceptors (Lipinski definition) is 5. The van der Waals surface area contributed by atoms with E-state index in [9.17, 15) is 15.0 Å². The molecule has 0 spiro atoms. The third kappa shape index (κ3) is 5.02. The van der Waals surface area contributed by atoms with Crippen molar-refractivity contribution in [2.24, 2.45) is 16.6 Å². The molecular weight excluding hydrogens is 393 g/mol. The van der Waals surface area contributed by atoms with E-state index in [2.05, 4.69) is 5.10 Å². The summed E-state index contributed by atoms with van der Waals surface area (Å²) in [5, 5.41) is 32.3. The summed E-state index contributed by atoms with van der Waals surface area (Å²) in [6.07, 6.45) is 1.26. The Morgan fingerprint density at radius 3 is 2.33 bits per heavy atom. The SMILES string of the molecule is N=C(N)N(/N=C/c1c(Cl)cccc1Cl)C(Cc1ccc(O)c(O)c1)C(N)=O. The van der Waals surface area contributed by atoms with Gasteiger partial charge in [0, 0.05) is 12.0 Å². The molecule has 0 bridgehead atoms. The lowest BCUT2D eigenvalue weighted by Crippen LogP contribution is -2.48. The Labute approximate surface area is 165 Å². The van der Waals surface area contributed by atoms with E-state index in [1.165, 1.54) is 24.4 Å². The maximum atomic E-state index is 11.9. The number of nitrogens with two attached hydrogens (primary N) is 2. The fourth-order valence-electron chi connectivity index (χ4n) is 2.29. The Morgan fingerprint density at radius 2 is 1.81 bits per heavy atom. The van der Waals surface area contributed by atoms with E-state index in [1.54, 1.807) is 18.2 Å². The normalized spacial score (nSPS) is 12.1. The van der Waals surface area contributed by atoms with Crippen molar-refractivity contribution in [3.05, 3.63) is 57.6 Å². The Hall–Kier alpha value is -2.97. The molecule has 7 N–H and O–H groups in total. The number of aromatic hydroxyl groups is 2. The van der Waals surface area contributed by atoms with Crippen molar-refractivity contribution < 1.29 is 15.0 Å². The predicted molar refractivity (Wildman–Crippen MR) is 104 cm³/mol. The van der Waals surface area contributed by atoms with Crippen molar-refractivity contribution in [1.82, 2.24) is 5.01 Å². The lowest BCUT2D eigenvalue weighted by Gasteiger charge is -2.25. The van der Waals surface area contributed by atoms with E-state index in [0.29, 0.717) is 21.2 Å². The number of guanidine groups is 1. The molecule has 142 valence electrons. The quantitative estimate of drug-likeness (QED) is 0.214. The molecule has 2 aromatic carbocycles. The van der Waals surface area contributed by atoms with Gasteiger partial charge in [0.2, 0.25) is 11.9 Å². The molecule has 0 heterocycles. The van der Waals surface area contributed by atoms with Gasteiger partial charge in [0.05, 0.1) is 16.3 Å². The number of primary amides is 1. The van der Waals surface area contributed by atoms with Gasteiger partial charge in [-0.2, -0.15) is 5.10 Å². The summed E-state index contributed by atoms with van der Waals surface area (Å²) >= 11 is 12.1. The molecule has 8 nitrogen and oxygen atoms in total. The van der Waals surface area contributed by atoms with Crippen molar-refractivity contribution in [2.45, 2.75) is 12.5 Å². The van der Waals surface area contributed by atoms with Crippen molar-refractivity contribution in [3.8, 4) is 11.5 Å². The van der Waals surface area contributed by atoms with Crippen LogP contribution in [0.15, 0.2) is 41.5 Å².